The van der Waals surface area contributed by atoms with Crippen molar-refractivity contribution in [2.75, 3.05) is 20.1 Å². The Morgan fingerprint density at radius 3 is 2.58 bits per heavy atom. The Labute approximate surface area is 119 Å². The van der Waals surface area contributed by atoms with Crippen LogP contribution in [0.15, 0.2) is 24.3 Å². The molecule has 0 aliphatic carbocycles. The predicted molar refractivity (Wildman–Crippen MR) is 76.0 cm³/mol. The average molecular weight is 291 g/mol. The van der Waals surface area contributed by atoms with Crippen LogP contribution in [-0.2, 0) is 6.54 Å². The maximum Gasteiger partial charge on any atom is 0.263 e. The molecule has 0 bridgehead atoms. The van der Waals surface area contributed by atoms with Gasteiger partial charge in [-0.3, -0.25) is 4.90 Å². The number of likely N-dealkylation sites (N-methyl/N-ethyl adjacent to an activating group) is 1. The van der Waals surface area contributed by atoms with Crippen LogP contribution in [0, 0.1) is 0 Å². The third kappa shape index (κ3) is 4.41. The Kier molecular flexibility index (Phi) is 6.69. The van der Waals surface area contributed by atoms with E-state index in [1.165, 1.54) is 25.0 Å². The molecule has 1 N–H and O–H groups in total. The van der Waals surface area contributed by atoms with Gasteiger partial charge in [0.1, 0.15) is 0 Å². The van der Waals surface area contributed by atoms with Gasteiger partial charge in [0.2, 0.25) is 0 Å². The van der Waals surface area contributed by atoms with Crippen LogP contribution in [0.2, 0.25) is 0 Å². The van der Waals surface area contributed by atoms with Crippen molar-refractivity contribution in [1.82, 2.24) is 10.2 Å². The summed E-state index contributed by atoms with van der Waals surface area (Å²) in [5.41, 5.74) is 1.22. The van der Waals surface area contributed by atoms with Crippen LogP contribution in [0.3, 0.4) is 0 Å². The van der Waals surface area contributed by atoms with Gasteiger partial charge in [-0.2, -0.15) is 0 Å². The summed E-state index contributed by atoms with van der Waals surface area (Å²) in [6, 6.07) is 7.27. The summed E-state index contributed by atoms with van der Waals surface area (Å²) in [5, 5.41) is 3.21. The Morgan fingerprint density at radius 1 is 1.32 bits per heavy atom. The van der Waals surface area contributed by atoms with E-state index >= 15 is 0 Å². The van der Waals surface area contributed by atoms with E-state index in [4.69, 9.17) is 0 Å². The summed E-state index contributed by atoms with van der Waals surface area (Å²) in [4.78, 5) is 2.42. The Hall–Kier alpha value is -0.710. The van der Waals surface area contributed by atoms with Crippen LogP contribution in [-0.4, -0.2) is 31.1 Å². The highest BCUT2D eigenvalue weighted by atomic mass is 35.5. The van der Waals surface area contributed by atoms with Crippen LogP contribution in [0.1, 0.15) is 30.4 Å². The van der Waals surface area contributed by atoms with Crippen LogP contribution >= 0.6 is 12.4 Å². The number of nitrogens with zero attached hydrogens (tertiary/aromatic N) is 1. The standard InChI is InChI=1S/C14H20F2N2.ClH/c1-17-9-13-3-2-8-18(13)10-11-4-6-12(7-5-11)14(15)16;/h4-7,13-14,17H,2-3,8-10H2,1H3;1H. The first-order valence-electron chi connectivity index (χ1n) is 6.46. The highest BCUT2D eigenvalue weighted by Gasteiger charge is 2.23. The molecule has 1 aromatic rings. The second-order valence-electron chi connectivity index (χ2n) is 4.87. The molecule has 108 valence electrons. The maximum atomic E-state index is 12.4. The fourth-order valence-electron chi connectivity index (χ4n) is 2.57. The molecule has 0 amide bonds. The van der Waals surface area contributed by atoms with E-state index in [-0.39, 0.29) is 18.0 Å². The van der Waals surface area contributed by atoms with Gasteiger partial charge in [-0.15, -0.1) is 12.4 Å². The van der Waals surface area contributed by atoms with E-state index in [1.807, 2.05) is 19.2 Å². The molecule has 1 atom stereocenters. The Morgan fingerprint density at radius 2 is 2.00 bits per heavy atom. The largest absolute Gasteiger partial charge is 0.318 e. The molecule has 1 aliphatic heterocycles. The lowest BCUT2D eigenvalue weighted by Crippen LogP contribution is -2.36. The average Bonchev–Trinajstić information content (AvgIpc) is 2.78. The molecule has 1 heterocycles. The number of halogens is 3. The lowest BCUT2D eigenvalue weighted by Gasteiger charge is -2.24. The minimum atomic E-state index is -2.37. The van der Waals surface area contributed by atoms with E-state index in [0.717, 1.165) is 25.2 Å². The zero-order valence-electron chi connectivity index (χ0n) is 11.1. The van der Waals surface area contributed by atoms with Crippen molar-refractivity contribution in [2.24, 2.45) is 0 Å². The normalized spacial score (nSPS) is 19.7. The van der Waals surface area contributed by atoms with Crippen LogP contribution in [0.4, 0.5) is 8.78 Å². The van der Waals surface area contributed by atoms with Gasteiger partial charge in [0.15, 0.2) is 0 Å². The third-order valence-corrected chi connectivity index (χ3v) is 3.56. The van der Waals surface area contributed by atoms with Gasteiger partial charge in [0.25, 0.3) is 6.43 Å². The van der Waals surface area contributed by atoms with Crippen LogP contribution in [0.25, 0.3) is 0 Å². The molecule has 0 spiro atoms. The Balaban J connectivity index is 0.00000180. The predicted octanol–water partition coefficient (Wildman–Crippen LogP) is 3.23. The zero-order valence-corrected chi connectivity index (χ0v) is 11.9. The van der Waals surface area contributed by atoms with E-state index in [0.29, 0.717) is 6.04 Å². The van der Waals surface area contributed by atoms with Crippen molar-refractivity contribution in [1.29, 1.82) is 0 Å². The lowest BCUT2D eigenvalue weighted by molar-refractivity contribution is 0.151. The summed E-state index contributed by atoms with van der Waals surface area (Å²) in [6.07, 6.45) is 0.0696. The minimum Gasteiger partial charge on any atom is -0.318 e. The van der Waals surface area contributed by atoms with E-state index < -0.39 is 6.43 Å². The number of benzene rings is 1. The van der Waals surface area contributed by atoms with Gasteiger partial charge in [-0.25, -0.2) is 8.78 Å². The Bertz CT molecular complexity index is 370. The SMILES string of the molecule is CNCC1CCCN1Cc1ccc(C(F)F)cc1.Cl. The first kappa shape index (κ1) is 16.3. The summed E-state index contributed by atoms with van der Waals surface area (Å²) in [6.45, 7) is 2.95. The van der Waals surface area contributed by atoms with Crippen molar-refractivity contribution in [3.8, 4) is 0 Å². The smallest absolute Gasteiger partial charge is 0.263 e. The number of hydrogen-bond acceptors (Lipinski definition) is 2. The van der Waals surface area contributed by atoms with Gasteiger partial charge in [-0.1, -0.05) is 24.3 Å². The molecule has 0 aromatic heterocycles. The van der Waals surface area contributed by atoms with Crippen molar-refractivity contribution in [3.05, 3.63) is 35.4 Å². The summed E-state index contributed by atoms with van der Waals surface area (Å²) < 4.78 is 24.9. The second-order valence-corrected chi connectivity index (χ2v) is 4.87. The summed E-state index contributed by atoms with van der Waals surface area (Å²) >= 11 is 0. The van der Waals surface area contributed by atoms with Gasteiger partial charge in [0, 0.05) is 24.7 Å². The number of alkyl halides is 2. The first-order chi connectivity index (χ1) is 8.70. The highest BCUT2D eigenvalue weighted by Crippen LogP contribution is 2.22. The molecular formula is C14H21ClF2N2. The zero-order chi connectivity index (χ0) is 13.0. The maximum absolute atomic E-state index is 12.4. The first-order valence-corrected chi connectivity index (χ1v) is 6.46. The second kappa shape index (κ2) is 7.78. The lowest BCUT2D eigenvalue weighted by atomic mass is 10.1. The molecule has 2 nitrogen and oxygen atoms in total. The fraction of sp³-hybridized carbons (Fsp3) is 0.571. The molecule has 5 heteroatoms. The van der Waals surface area contributed by atoms with Crippen molar-refractivity contribution < 1.29 is 8.78 Å². The van der Waals surface area contributed by atoms with Crippen LogP contribution in [0.5, 0.6) is 0 Å². The fourth-order valence-corrected chi connectivity index (χ4v) is 2.57. The van der Waals surface area contributed by atoms with Gasteiger partial charge in [-0.05, 0) is 32.0 Å². The molecule has 2 rings (SSSR count). The van der Waals surface area contributed by atoms with Gasteiger partial charge in [0.05, 0.1) is 0 Å². The van der Waals surface area contributed by atoms with Crippen LogP contribution < -0.4 is 5.32 Å². The summed E-state index contributed by atoms with van der Waals surface area (Å²) in [5.74, 6) is 0. The van der Waals surface area contributed by atoms with E-state index in [2.05, 4.69) is 10.2 Å². The number of likely N-dealkylation sites (tertiary alicyclic amines) is 1. The minimum absolute atomic E-state index is 0. The van der Waals surface area contributed by atoms with Gasteiger partial charge < -0.3 is 5.32 Å². The van der Waals surface area contributed by atoms with Crippen molar-refractivity contribution >= 4 is 12.4 Å². The molecule has 1 saturated heterocycles. The summed E-state index contributed by atoms with van der Waals surface area (Å²) in [7, 11) is 1.97. The van der Waals surface area contributed by atoms with Crippen molar-refractivity contribution in [2.45, 2.75) is 31.9 Å². The number of rotatable bonds is 5. The monoisotopic (exact) mass is 290 g/mol. The topological polar surface area (TPSA) is 15.3 Å². The third-order valence-electron chi connectivity index (χ3n) is 3.56. The van der Waals surface area contributed by atoms with E-state index in [1.54, 1.807) is 0 Å². The molecule has 0 saturated carbocycles. The molecule has 0 radical (unpaired) electrons. The van der Waals surface area contributed by atoms with E-state index in [9.17, 15) is 8.78 Å². The highest BCUT2D eigenvalue weighted by molar-refractivity contribution is 5.85. The number of hydrogen-bond donors (Lipinski definition) is 1. The van der Waals surface area contributed by atoms with Crippen molar-refractivity contribution in [3.63, 3.8) is 0 Å². The quantitative estimate of drug-likeness (QED) is 0.896. The molecule has 1 aliphatic rings. The molecule has 1 aromatic carbocycles. The van der Waals surface area contributed by atoms with Gasteiger partial charge >= 0.3 is 0 Å². The molecule has 1 fully saturated rings. The molecule has 19 heavy (non-hydrogen) atoms. The molecular weight excluding hydrogens is 270 g/mol. The number of nitrogens with one attached hydrogen (secondary N) is 1. The molecule has 1 unspecified atom stereocenters.